The van der Waals surface area contributed by atoms with Crippen molar-refractivity contribution in [1.82, 2.24) is 9.55 Å². The van der Waals surface area contributed by atoms with Crippen LogP contribution in [0.4, 0.5) is 14.5 Å². The molecule has 1 N–H and O–H groups in total. The van der Waals surface area contributed by atoms with Gasteiger partial charge in [0.05, 0.1) is 23.2 Å². The van der Waals surface area contributed by atoms with Crippen molar-refractivity contribution >= 4 is 26.6 Å². The molecule has 26 heavy (non-hydrogen) atoms. The average molecular weight is 379 g/mol. The Hall–Kier alpha value is -2.48. The summed E-state index contributed by atoms with van der Waals surface area (Å²) in [5.41, 5.74) is 2.57. The molecule has 8 heteroatoms. The normalized spacial score (nSPS) is 12.3. The third-order valence-electron chi connectivity index (χ3n) is 4.01. The molecule has 0 saturated heterocycles. The molecule has 0 aliphatic heterocycles. The number of benzene rings is 1. The van der Waals surface area contributed by atoms with Gasteiger partial charge in [-0.25, -0.2) is 17.2 Å². The molecule has 1 aromatic carbocycles. The highest BCUT2D eigenvalue weighted by Gasteiger charge is 2.15. The first kappa shape index (κ1) is 18.3. The second kappa shape index (κ2) is 6.68. The summed E-state index contributed by atoms with van der Waals surface area (Å²) in [5.74, 6) is 0. The number of anilines is 1. The smallest absolute Gasteiger partial charge is 0.265 e. The molecule has 5 nitrogen and oxygen atoms in total. The molecule has 0 amide bonds. The molecule has 0 bridgehead atoms. The third kappa shape index (κ3) is 3.70. The van der Waals surface area contributed by atoms with Gasteiger partial charge in [0.25, 0.3) is 6.43 Å². The summed E-state index contributed by atoms with van der Waals surface area (Å²) in [4.78, 5) is 4.17. The van der Waals surface area contributed by atoms with E-state index in [1.807, 2.05) is 24.6 Å². The zero-order valence-electron chi connectivity index (χ0n) is 14.6. The van der Waals surface area contributed by atoms with Crippen molar-refractivity contribution in [2.75, 3.05) is 11.0 Å². The van der Waals surface area contributed by atoms with Crippen molar-refractivity contribution in [2.24, 2.45) is 0 Å². The van der Waals surface area contributed by atoms with Crippen LogP contribution in [0.5, 0.6) is 0 Å². The van der Waals surface area contributed by atoms with E-state index in [9.17, 15) is 17.2 Å². The first-order valence-corrected chi connectivity index (χ1v) is 9.91. The number of rotatable bonds is 5. The molecule has 0 unspecified atom stereocenters. The molecule has 0 aliphatic carbocycles. The molecule has 0 atom stereocenters. The molecule has 0 aliphatic rings. The number of nitrogens with one attached hydrogen (secondary N) is 1. The van der Waals surface area contributed by atoms with Crippen LogP contribution < -0.4 is 4.72 Å². The Morgan fingerprint density at radius 1 is 1.15 bits per heavy atom. The van der Waals surface area contributed by atoms with Gasteiger partial charge in [-0.05, 0) is 38.1 Å². The molecule has 0 radical (unpaired) electrons. The summed E-state index contributed by atoms with van der Waals surface area (Å²) < 4.78 is 52.9. The van der Waals surface area contributed by atoms with Crippen LogP contribution in [0.2, 0.25) is 0 Å². The quantitative estimate of drug-likeness (QED) is 0.705. The van der Waals surface area contributed by atoms with Gasteiger partial charge in [-0.2, -0.15) is 0 Å². The Morgan fingerprint density at radius 3 is 2.42 bits per heavy atom. The summed E-state index contributed by atoms with van der Waals surface area (Å²) in [6.07, 6.45) is 1.62. The largest absolute Gasteiger partial charge is 0.344 e. The van der Waals surface area contributed by atoms with Gasteiger partial charge in [0.2, 0.25) is 10.0 Å². The highest BCUT2D eigenvalue weighted by molar-refractivity contribution is 7.92. The van der Waals surface area contributed by atoms with E-state index in [0.717, 1.165) is 22.7 Å². The van der Waals surface area contributed by atoms with E-state index in [4.69, 9.17) is 0 Å². The van der Waals surface area contributed by atoms with Crippen molar-refractivity contribution in [3.05, 3.63) is 48.3 Å². The molecule has 2 aromatic heterocycles. The van der Waals surface area contributed by atoms with Crippen molar-refractivity contribution in [1.29, 1.82) is 0 Å². The van der Waals surface area contributed by atoms with Gasteiger partial charge < -0.3 is 4.57 Å². The van der Waals surface area contributed by atoms with Gasteiger partial charge in [-0.1, -0.05) is 6.07 Å². The molecule has 138 valence electrons. The van der Waals surface area contributed by atoms with Gasteiger partial charge in [0.15, 0.2) is 0 Å². The minimum atomic E-state index is -3.38. The summed E-state index contributed by atoms with van der Waals surface area (Å²) in [5, 5.41) is 0.870. The number of aromatic nitrogens is 2. The number of pyridine rings is 1. The fourth-order valence-corrected chi connectivity index (χ4v) is 3.41. The van der Waals surface area contributed by atoms with Crippen LogP contribution in [-0.4, -0.2) is 24.2 Å². The maximum atomic E-state index is 12.7. The van der Waals surface area contributed by atoms with Crippen LogP contribution in [0, 0.1) is 0 Å². The van der Waals surface area contributed by atoms with Gasteiger partial charge in [-0.3, -0.25) is 9.71 Å². The number of nitrogens with zero attached hydrogens (tertiary/aromatic N) is 2. The maximum absolute atomic E-state index is 12.7. The lowest BCUT2D eigenvalue weighted by Crippen LogP contribution is -2.09. The average Bonchev–Trinajstić information content (AvgIpc) is 2.92. The zero-order valence-corrected chi connectivity index (χ0v) is 15.4. The second-order valence-corrected chi connectivity index (χ2v) is 8.18. The Kier molecular flexibility index (Phi) is 4.70. The minimum absolute atomic E-state index is 0.124. The topological polar surface area (TPSA) is 64.0 Å². The third-order valence-corrected chi connectivity index (χ3v) is 4.61. The van der Waals surface area contributed by atoms with Gasteiger partial charge in [-0.15, -0.1) is 0 Å². The first-order chi connectivity index (χ1) is 12.2. The lowest BCUT2D eigenvalue weighted by atomic mass is 10.1. The molecule has 2 heterocycles. The Morgan fingerprint density at radius 2 is 1.88 bits per heavy atom. The number of hydrogen-bond donors (Lipinski definition) is 1. The van der Waals surface area contributed by atoms with Crippen molar-refractivity contribution in [3.63, 3.8) is 0 Å². The highest BCUT2D eigenvalue weighted by atomic mass is 32.2. The van der Waals surface area contributed by atoms with E-state index in [1.165, 1.54) is 12.3 Å². The van der Waals surface area contributed by atoms with E-state index >= 15 is 0 Å². The summed E-state index contributed by atoms with van der Waals surface area (Å²) in [6.45, 7) is 4.01. The van der Waals surface area contributed by atoms with Crippen LogP contribution in [0.3, 0.4) is 0 Å². The Labute approximate surface area is 150 Å². The minimum Gasteiger partial charge on any atom is -0.344 e. The molecular formula is C18H19F2N3O2S. The van der Waals surface area contributed by atoms with E-state index < -0.39 is 16.4 Å². The summed E-state index contributed by atoms with van der Waals surface area (Å²) in [6, 6.07) is 8.30. The number of alkyl halides is 2. The van der Waals surface area contributed by atoms with E-state index in [-0.39, 0.29) is 11.6 Å². The standard InChI is InChI=1S/C18H19F2N3O2S/c1-11(2)23-10-15(16-7-4-12(9-21-16)18(19)20)14-6-5-13(8-17(14)23)22-26(3,24)25/h4-11,18,22H,1-3H3. The Bertz CT molecular complexity index is 1040. The van der Waals surface area contributed by atoms with Crippen molar-refractivity contribution < 1.29 is 17.2 Å². The molecular weight excluding hydrogens is 360 g/mol. The fraction of sp³-hybridized carbons (Fsp3) is 0.278. The lowest BCUT2D eigenvalue weighted by molar-refractivity contribution is 0.151. The van der Waals surface area contributed by atoms with Crippen LogP contribution >= 0.6 is 0 Å². The number of fused-ring (bicyclic) bond motifs is 1. The molecule has 0 spiro atoms. The maximum Gasteiger partial charge on any atom is 0.265 e. The van der Waals surface area contributed by atoms with Gasteiger partial charge >= 0.3 is 0 Å². The van der Waals surface area contributed by atoms with Crippen LogP contribution in [0.15, 0.2) is 42.7 Å². The molecule has 3 rings (SSSR count). The fourth-order valence-electron chi connectivity index (χ4n) is 2.85. The predicted molar refractivity (Wildman–Crippen MR) is 99.0 cm³/mol. The number of sulfonamides is 1. The number of halogens is 2. The Balaban J connectivity index is 2.14. The van der Waals surface area contributed by atoms with Crippen LogP contribution in [0.25, 0.3) is 22.2 Å². The van der Waals surface area contributed by atoms with Gasteiger partial charge in [0, 0.05) is 34.9 Å². The molecule has 0 fully saturated rings. The van der Waals surface area contributed by atoms with Crippen molar-refractivity contribution in [3.8, 4) is 11.3 Å². The van der Waals surface area contributed by atoms with E-state index in [2.05, 4.69) is 9.71 Å². The van der Waals surface area contributed by atoms with E-state index in [0.29, 0.717) is 11.4 Å². The molecule has 3 aromatic rings. The van der Waals surface area contributed by atoms with Crippen molar-refractivity contribution in [2.45, 2.75) is 26.3 Å². The highest BCUT2D eigenvalue weighted by Crippen LogP contribution is 2.34. The van der Waals surface area contributed by atoms with E-state index in [1.54, 1.807) is 24.3 Å². The van der Waals surface area contributed by atoms with Gasteiger partial charge in [0.1, 0.15) is 0 Å². The summed E-state index contributed by atoms with van der Waals surface area (Å²) >= 11 is 0. The number of hydrogen-bond acceptors (Lipinski definition) is 3. The lowest BCUT2D eigenvalue weighted by Gasteiger charge is -2.10. The first-order valence-electron chi connectivity index (χ1n) is 8.02. The molecule has 0 saturated carbocycles. The monoisotopic (exact) mass is 379 g/mol. The van der Waals surface area contributed by atoms with Crippen LogP contribution in [-0.2, 0) is 10.0 Å². The summed E-state index contributed by atoms with van der Waals surface area (Å²) in [7, 11) is -3.38. The van der Waals surface area contributed by atoms with Crippen LogP contribution in [0.1, 0.15) is 31.9 Å². The second-order valence-electron chi connectivity index (χ2n) is 6.43. The zero-order chi connectivity index (χ0) is 19.1. The predicted octanol–water partition coefficient (Wildman–Crippen LogP) is 4.59. The SMILES string of the molecule is CC(C)n1cc(-c2ccc(C(F)F)cn2)c2ccc(NS(C)(=O)=O)cc21.